The molecule has 0 aromatic heterocycles. The summed E-state index contributed by atoms with van der Waals surface area (Å²) in [6, 6.07) is 2.39. The van der Waals surface area contributed by atoms with Crippen LogP contribution in [0.4, 0.5) is 10.1 Å². The summed E-state index contributed by atoms with van der Waals surface area (Å²) in [4.78, 5) is 23.5. The molecule has 0 unspecified atom stereocenters. The van der Waals surface area contributed by atoms with Crippen LogP contribution in [0.2, 0.25) is 0 Å². The van der Waals surface area contributed by atoms with E-state index in [-0.39, 0.29) is 16.8 Å². The standard InChI is InChI=1S/C14H18FN3O3/c1-8-10(15)6-9(12(16)19)7-11(8)18-13(20)14(17)2-4-21-5-3-14/h6-7H,2-5,17H2,1H3,(H2,16,19)(H,18,20). The molecule has 6 nitrogen and oxygen atoms in total. The van der Waals surface area contributed by atoms with Crippen molar-refractivity contribution in [3.05, 3.63) is 29.1 Å². The fraction of sp³-hybridized carbons (Fsp3) is 0.429. The van der Waals surface area contributed by atoms with Crippen LogP contribution in [-0.2, 0) is 9.53 Å². The number of carbonyl (C=O) groups excluding carboxylic acids is 2. The van der Waals surface area contributed by atoms with Crippen molar-refractivity contribution in [3.8, 4) is 0 Å². The zero-order chi connectivity index (χ0) is 15.6. The van der Waals surface area contributed by atoms with Gasteiger partial charge in [0.15, 0.2) is 0 Å². The molecule has 0 atom stereocenters. The Morgan fingerprint density at radius 1 is 1.33 bits per heavy atom. The largest absolute Gasteiger partial charge is 0.381 e. The maximum absolute atomic E-state index is 13.8. The van der Waals surface area contributed by atoms with Gasteiger partial charge in [0.1, 0.15) is 11.4 Å². The Bertz CT molecular complexity index is 583. The maximum atomic E-state index is 13.8. The number of hydrogen-bond acceptors (Lipinski definition) is 4. The Kier molecular flexibility index (Phi) is 4.24. The van der Waals surface area contributed by atoms with Gasteiger partial charge in [0, 0.05) is 30.0 Å². The molecule has 0 radical (unpaired) electrons. The molecule has 1 heterocycles. The van der Waals surface area contributed by atoms with E-state index in [2.05, 4.69) is 5.32 Å². The van der Waals surface area contributed by atoms with Gasteiger partial charge < -0.3 is 21.5 Å². The van der Waals surface area contributed by atoms with E-state index in [0.29, 0.717) is 26.1 Å². The van der Waals surface area contributed by atoms with E-state index in [1.807, 2.05) is 0 Å². The number of primary amides is 1. The second-order valence-corrected chi connectivity index (χ2v) is 5.22. The summed E-state index contributed by atoms with van der Waals surface area (Å²) >= 11 is 0. The molecule has 1 aromatic carbocycles. The Morgan fingerprint density at radius 2 is 1.95 bits per heavy atom. The number of benzene rings is 1. The number of halogens is 1. The lowest BCUT2D eigenvalue weighted by Crippen LogP contribution is -2.54. The molecule has 0 saturated carbocycles. The van der Waals surface area contributed by atoms with E-state index in [0.717, 1.165) is 6.07 Å². The van der Waals surface area contributed by atoms with Crippen LogP contribution in [0.1, 0.15) is 28.8 Å². The van der Waals surface area contributed by atoms with Crippen LogP contribution < -0.4 is 16.8 Å². The highest BCUT2D eigenvalue weighted by Gasteiger charge is 2.36. The van der Waals surface area contributed by atoms with E-state index in [4.69, 9.17) is 16.2 Å². The first-order chi connectivity index (χ1) is 9.83. The third-order valence-corrected chi connectivity index (χ3v) is 3.71. The zero-order valence-corrected chi connectivity index (χ0v) is 11.7. The van der Waals surface area contributed by atoms with Crippen LogP contribution in [0.15, 0.2) is 12.1 Å². The second kappa shape index (κ2) is 5.79. The Labute approximate surface area is 121 Å². The van der Waals surface area contributed by atoms with E-state index in [9.17, 15) is 14.0 Å². The first kappa shape index (κ1) is 15.4. The van der Waals surface area contributed by atoms with Gasteiger partial charge in [-0.25, -0.2) is 4.39 Å². The summed E-state index contributed by atoms with van der Waals surface area (Å²) in [6.07, 6.45) is 0.770. The molecule has 2 amide bonds. The second-order valence-electron chi connectivity index (χ2n) is 5.22. The monoisotopic (exact) mass is 295 g/mol. The topological polar surface area (TPSA) is 107 Å². The summed E-state index contributed by atoms with van der Waals surface area (Å²) < 4.78 is 19.0. The van der Waals surface area contributed by atoms with Crippen molar-refractivity contribution >= 4 is 17.5 Å². The fourth-order valence-electron chi connectivity index (χ4n) is 2.16. The molecule has 1 saturated heterocycles. The molecule has 0 spiro atoms. The SMILES string of the molecule is Cc1c(F)cc(C(N)=O)cc1NC(=O)C1(N)CCOCC1. The number of nitrogens with two attached hydrogens (primary N) is 2. The van der Waals surface area contributed by atoms with E-state index in [1.165, 1.54) is 13.0 Å². The highest BCUT2D eigenvalue weighted by molar-refractivity contribution is 6.00. The number of amides is 2. The zero-order valence-electron chi connectivity index (χ0n) is 11.7. The van der Waals surface area contributed by atoms with Gasteiger partial charge in [-0.3, -0.25) is 9.59 Å². The Hall–Kier alpha value is -1.99. The van der Waals surface area contributed by atoms with Gasteiger partial charge in [-0.2, -0.15) is 0 Å². The van der Waals surface area contributed by atoms with Gasteiger partial charge in [0.2, 0.25) is 11.8 Å². The van der Waals surface area contributed by atoms with Crippen molar-refractivity contribution in [2.75, 3.05) is 18.5 Å². The van der Waals surface area contributed by atoms with E-state index >= 15 is 0 Å². The molecule has 1 aromatic rings. The number of carbonyl (C=O) groups is 2. The van der Waals surface area contributed by atoms with Crippen molar-refractivity contribution in [2.45, 2.75) is 25.3 Å². The smallest absolute Gasteiger partial charge is 0.248 e. The summed E-state index contributed by atoms with van der Waals surface area (Å²) in [5.41, 5.74) is 10.6. The van der Waals surface area contributed by atoms with Crippen molar-refractivity contribution < 1.29 is 18.7 Å². The lowest BCUT2D eigenvalue weighted by Gasteiger charge is -2.32. The highest BCUT2D eigenvalue weighted by atomic mass is 19.1. The van der Waals surface area contributed by atoms with Crippen molar-refractivity contribution in [2.24, 2.45) is 11.5 Å². The minimum atomic E-state index is -1.05. The van der Waals surface area contributed by atoms with Gasteiger partial charge >= 0.3 is 0 Å². The van der Waals surface area contributed by atoms with Crippen LogP contribution in [-0.4, -0.2) is 30.6 Å². The van der Waals surface area contributed by atoms with Crippen molar-refractivity contribution in [3.63, 3.8) is 0 Å². The first-order valence-electron chi connectivity index (χ1n) is 6.61. The predicted molar refractivity (Wildman–Crippen MR) is 75.3 cm³/mol. The van der Waals surface area contributed by atoms with Crippen LogP contribution >= 0.6 is 0 Å². The fourth-order valence-corrected chi connectivity index (χ4v) is 2.16. The van der Waals surface area contributed by atoms with Gasteiger partial charge in [-0.1, -0.05) is 0 Å². The van der Waals surface area contributed by atoms with Gasteiger partial charge in [0.05, 0.1) is 0 Å². The lowest BCUT2D eigenvalue weighted by atomic mass is 9.90. The predicted octanol–water partition coefficient (Wildman–Crippen LogP) is 0.679. The number of nitrogens with one attached hydrogen (secondary N) is 1. The summed E-state index contributed by atoms with van der Waals surface area (Å²) in [5, 5.41) is 2.59. The van der Waals surface area contributed by atoms with Crippen LogP contribution in [0.3, 0.4) is 0 Å². The third-order valence-electron chi connectivity index (χ3n) is 3.71. The molecule has 0 aliphatic carbocycles. The molecule has 2 rings (SSSR count). The number of hydrogen-bond donors (Lipinski definition) is 3. The van der Waals surface area contributed by atoms with Crippen molar-refractivity contribution in [1.29, 1.82) is 0 Å². The summed E-state index contributed by atoms with van der Waals surface area (Å²) in [7, 11) is 0. The normalized spacial score (nSPS) is 17.3. The quantitative estimate of drug-likeness (QED) is 0.762. The van der Waals surface area contributed by atoms with E-state index in [1.54, 1.807) is 0 Å². The minimum absolute atomic E-state index is 0.00792. The number of anilines is 1. The molecular formula is C14H18FN3O3. The third kappa shape index (κ3) is 3.20. The Balaban J connectivity index is 2.26. The van der Waals surface area contributed by atoms with Gasteiger partial charge in [0.25, 0.3) is 0 Å². The molecule has 1 aliphatic heterocycles. The lowest BCUT2D eigenvalue weighted by molar-refractivity contribution is -0.124. The molecule has 21 heavy (non-hydrogen) atoms. The van der Waals surface area contributed by atoms with Crippen LogP contribution in [0.25, 0.3) is 0 Å². The number of rotatable bonds is 3. The molecule has 0 bridgehead atoms. The molecule has 5 N–H and O–H groups in total. The average molecular weight is 295 g/mol. The minimum Gasteiger partial charge on any atom is -0.381 e. The average Bonchev–Trinajstić information content (AvgIpc) is 2.44. The van der Waals surface area contributed by atoms with Crippen molar-refractivity contribution in [1.82, 2.24) is 0 Å². The summed E-state index contributed by atoms with van der Waals surface area (Å²) in [5.74, 6) is -1.80. The van der Waals surface area contributed by atoms with E-state index < -0.39 is 23.2 Å². The molecular weight excluding hydrogens is 277 g/mol. The number of ether oxygens (including phenoxy) is 1. The van der Waals surface area contributed by atoms with Crippen LogP contribution in [0, 0.1) is 12.7 Å². The maximum Gasteiger partial charge on any atom is 0.248 e. The first-order valence-corrected chi connectivity index (χ1v) is 6.61. The van der Waals surface area contributed by atoms with Gasteiger partial charge in [-0.15, -0.1) is 0 Å². The molecule has 1 aliphatic rings. The highest BCUT2D eigenvalue weighted by Crippen LogP contribution is 2.24. The molecule has 114 valence electrons. The Morgan fingerprint density at radius 3 is 2.52 bits per heavy atom. The summed E-state index contributed by atoms with van der Waals surface area (Å²) in [6.45, 7) is 2.31. The molecule has 1 fully saturated rings. The van der Waals surface area contributed by atoms with Gasteiger partial charge in [-0.05, 0) is 31.9 Å². The molecule has 7 heteroatoms. The van der Waals surface area contributed by atoms with Crippen LogP contribution in [0.5, 0.6) is 0 Å².